The van der Waals surface area contributed by atoms with Gasteiger partial charge in [0, 0.05) is 40.2 Å². The molecule has 5 fully saturated rings. The van der Waals surface area contributed by atoms with E-state index in [1.54, 1.807) is 13.0 Å². The van der Waals surface area contributed by atoms with Crippen molar-refractivity contribution >= 4 is 35.5 Å². The van der Waals surface area contributed by atoms with Gasteiger partial charge < -0.3 is 40.2 Å². The van der Waals surface area contributed by atoms with Gasteiger partial charge in [-0.1, -0.05) is 25.8 Å². The van der Waals surface area contributed by atoms with Crippen molar-refractivity contribution in [1.29, 1.82) is 0 Å². The van der Waals surface area contributed by atoms with Crippen molar-refractivity contribution in [3.8, 4) is 0 Å². The third-order valence-corrected chi connectivity index (χ3v) is 16.3. The van der Waals surface area contributed by atoms with Gasteiger partial charge in [0.1, 0.15) is 23.4 Å². The number of unbranched alkanes of at least 4 members (excludes halogenated alkanes) is 1. The van der Waals surface area contributed by atoms with E-state index in [1.807, 2.05) is 32.5 Å². The molecule has 0 aromatic heterocycles. The molecule has 13 heteroatoms. The van der Waals surface area contributed by atoms with Crippen LogP contribution in [0.15, 0.2) is 23.3 Å². The van der Waals surface area contributed by atoms with Gasteiger partial charge in [-0.2, -0.15) is 11.8 Å². The first-order chi connectivity index (χ1) is 24.4. The molecule has 3 saturated carbocycles. The fourth-order valence-electron chi connectivity index (χ4n) is 11.3. The van der Waals surface area contributed by atoms with Crippen LogP contribution in [0.25, 0.3) is 0 Å². The van der Waals surface area contributed by atoms with E-state index in [1.165, 1.54) is 13.0 Å². The molecule has 7 rings (SSSR count). The Morgan fingerprint density at radius 2 is 1.87 bits per heavy atom. The average Bonchev–Trinajstić information content (AvgIpc) is 3.72. The summed E-state index contributed by atoms with van der Waals surface area (Å²) in [7, 11) is 0. The van der Waals surface area contributed by atoms with Gasteiger partial charge in [0.2, 0.25) is 0 Å². The number of hydrogen-bond donors (Lipinski definition) is 5. The summed E-state index contributed by atoms with van der Waals surface area (Å²) >= 11 is 1.85. The number of fused-ring (bicyclic) bond motifs is 7. The molecule has 7 aliphatic rings. The Hall–Kier alpha value is -2.45. The summed E-state index contributed by atoms with van der Waals surface area (Å²) in [5.41, 5.74) is -5.78. The quantitative estimate of drug-likeness (QED) is 0.139. The molecule has 5 N–H and O–H groups in total. The molecule has 288 valence electrons. The van der Waals surface area contributed by atoms with Crippen LogP contribution in [0.5, 0.6) is 0 Å². The first-order valence-corrected chi connectivity index (χ1v) is 20.3. The number of thioether (sulfide) groups is 1. The van der Waals surface area contributed by atoms with Gasteiger partial charge in [-0.3, -0.25) is 9.59 Å². The van der Waals surface area contributed by atoms with Crippen LogP contribution in [0.2, 0.25) is 0 Å². The van der Waals surface area contributed by atoms with Gasteiger partial charge in [-0.05, 0) is 96.1 Å². The number of nitrogens with one attached hydrogen (secondary N) is 2. The number of urea groups is 1. The second-order valence-corrected chi connectivity index (χ2v) is 18.7. The highest BCUT2D eigenvalue weighted by Crippen LogP contribution is 2.70. The molecule has 4 heterocycles. The zero-order valence-electron chi connectivity index (χ0n) is 31.1. The number of carbonyl (C=O) groups is 4. The maximum Gasteiger partial charge on any atom is 0.334 e. The molecule has 12 nitrogen and oxygen atoms in total. The van der Waals surface area contributed by atoms with E-state index in [0.29, 0.717) is 42.9 Å². The highest BCUT2D eigenvalue weighted by atomic mass is 32.2. The molecule has 2 saturated heterocycles. The van der Waals surface area contributed by atoms with Crippen LogP contribution in [-0.4, -0.2) is 104 Å². The lowest BCUT2D eigenvalue weighted by molar-refractivity contribution is -0.285. The van der Waals surface area contributed by atoms with Gasteiger partial charge in [-0.25, -0.2) is 9.59 Å². The number of carbonyl (C=O) groups excluding carboxylic acids is 4. The SMILES string of the molecule is CC1=C(C)C(=O)OC(C(C)(O)[C@]2(O)CC[C@@]3(O)C4C[C@H]5C[C@](C)(C(=O)/C=C\[C@@H](OC(=O)CCCCC6SCC7NC(=O)NC76)CO5)C4CC[C@@]32C)C1. The Labute approximate surface area is 310 Å². The van der Waals surface area contributed by atoms with E-state index < -0.39 is 57.8 Å². The molecular weight excluding hydrogens is 688 g/mol. The van der Waals surface area contributed by atoms with E-state index >= 15 is 0 Å². The number of hydrogen-bond acceptors (Lipinski definition) is 11. The predicted octanol–water partition coefficient (Wildman–Crippen LogP) is 3.64. The maximum absolute atomic E-state index is 14.1. The molecule has 2 bridgehead atoms. The number of amides is 2. The van der Waals surface area contributed by atoms with Crippen molar-refractivity contribution in [2.24, 2.45) is 22.7 Å². The van der Waals surface area contributed by atoms with Crippen molar-refractivity contribution in [2.45, 2.75) is 158 Å². The fourth-order valence-corrected chi connectivity index (χ4v) is 12.8. The first-order valence-electron chi connectivity index (χ1n) is 19.2. The van der Waals surface area contributed by atoms with Crippen molar-refractivity contribution < 1.29 is 48.7 Å². The zero-order valence-corrected chi connectivity index (χ0v) is 31.9. The molecule has 0 spiro atoms. The largest absolute Gasteiger partial charge is 0.456 e. The molecule has 7 unspecified atom stereocenters. The van der Waals surface area contributed by atoms with Crippen molar-refractivity contribution in [3.05, 3.63) is 23.3 Å². The lowest BCUT2D eigenvalue weighted by Gasteiger charge is -2.63. The predicted molar refractivity (Wildman–Crippen MR) is 192 cm³/mol. The number of cyclic esters (lactones) is 1. The van der Waals surface area contributed by atoms with Crippen LogP contribution in [0.1, 0.15) is 105 Å². The topological polar surface area (TPSA) is 181 Å². The Morgan fingerprint density at radius 3 is 2.62 bits per heavy atom. The van der Waals surface area contributed by atoms with Crippen LogP contribution in [0.3, 0.4) is 0 Å². The van der Waals surface area contributed by atoms with Crippen LogP contribution in [0, 0.1) is 22.7 Å². The number of ether oxygens (including phenoxy) is 3. The highest BCUT2D eigenvalue weighted by molar-refractivity contribution is 8.00. The van der Waals surface area contributed by atoms with Crippen LogP contribution < -0.4 is 10.6 Å². The standard InChI is InChI=1S/C39H56N2O10S/c1-21-16-30(51-33(44)22(21)2)37(5,46)39(48)15-14-38(47)26-17-24-18-35(3,25(26)12-13-36(38,39)4)29(42)11-10-23(19-49-24)50-31(43)9-7-6-8-28-32-27(20-52-28)40-34(45)41-32/h10-11,23-28,30,32,46-48H,6-9,12-20H2,1-5H3,(H2,40,41,45)/b11-10-/t23-,24+,25?,26?,27?,28?,30?,32?,35+,36+,37?,38-,39+/m1/s1. The minimum Gasteiger partial charge on any atom is -0.456 e. The summed E-state index contributed by atoms with van der Waals surface area (Å²) in [5.74, 6) is -0.679. The summed E-state index contributed by atoms with van der Waals surface area (Å²) in [5, 5.41) is 43.9. The Balaban J connectivity index is 1.01. The molecule has 0 aromatic carbocycles. The normalized spacial score (nSPS) is 46.0. The van der Waals surface area contributed by atoms with Crippen molar-refractivity contribution in [3.63, 3.8) is 0 Å². The van der Waals surface area contributed by atoms with E-state index in [0.717, 1.165) is 24.2 Å². The zero-order chi connectivity index (χ0) is 37.4. The monoisotopic (exact) mass is 744 g/mol. The van der Waals surface area contributed by atoms with E-state index in [4.69, 9.17) is 14.2 Å². The van der Waals surface area contributed by atoms with Gasteiger partial charge in [0.15, 0.2) is 5.78 Å². The molecule has 13 atom stereocenters. The number of esters is 2. The average molecular weight is 745 g/mol. The molecule has 2 amide bonds. The molecule has 4 aliphatic heterocycles. The number of rotatable bonds is 8. The van der Waals surface area contributed by atoms with E-state index in [9.17, 15) is 34.5 Å². The fraction of sp³-hybridized carbons (Fsp3) is 0.795. The molecule has 0 aromatic rings. The summed E-state index contributed by atoms with van der Waals surface area (Å²) < 4.78 is 17.9. The summed E-state index contributed by atoms with van der Waals surface area (Å²) in [4.78, 5) is 51.4. The highest BCUT2D eigenvalue weighted by Gasteiger charge is 2.76. The minimum absolute atomic E-state index is 0.0792. The van der Waals surface area contributed by atoms with Crippen molar-refractivity contribution in [2.75, 3.05) is 12.4 Å². The van der Waals surface area contributed by atoms with Crippen LogP contribution >= 0.6 is 11.8 Å². The third kappa shape index (κ3) is 5.86. The lowest BCUT2D eigenvalue weighted by atomic mass is 9.44. The smallest absolute Gasteiger partial charge is 0.334 e. The Bertz CT molecular complexity index is 1560. The molecule has 52 heavy (non-hydrogen) atoms. The molecular formula is C39H56N2O10S. The van der Waals surface area contributed by atoms with E-state index in [2.05, 4.69) is 10.6 Å². The number of ketones is 1. The Kier molecular flexibility index (Phi) is 9.74. The summed E-state index contributed by atoms with van der Waals surface area (Å²) in [6.45, 7) is 8.91. The third-order valence-electron chi connectivity index (χ3n) is 14.8. The minimum atomic E-state index is -1.85. The van der Waals surface area contributed by atoms with Gasteiger partial charge >= 0.3 is 18.0 Å². The lowest BCUT2D eigenvalue weighted by Crippen LogP contribution is -2.72. The van der Waals surface area contributed by atoms with Gasteiger partial charge in [0.05, 0.1) is 30.4 Å². The summed E-state index contributed by atoms with van der Waals surface area (Å²) in [6.07, 6.45) is 6.12. The molecule has 3 aliphatic carbocycles. The Morgan fingerprint density at radius 1 is 1.10 bits per heavy atom. The summed E-state index contributed by atoms with van der Waals surface area (Å²) in [6, 6.07) is 0.191. The first kappa shape index (κ1) is 37.8. The van der Waals surface area contributed by atoms with Gasteiger partial charge in [-0.15, -0.1) is 0 Å². The van der Waals surface area contributed by atoms with Crippen LogP contribution in [0.4, 0.5) is 4.79 Å². The second-order valence-electron chi connectivity index (χ2n) is 17.5. The molecule has 0 radical (unpaired) electrons. The van der Waals surface area contributed by atoms with Gasteiger partial charge in [0.25, 0.3) is 0 Å². The van der Waals surface area contributed by atoms with Crippen molar-refractivity contribution in [1.82, 2.24) is 10.6 Å². The second kappa shape index (κ2) is 13.4. The van der Waals surface area contributed by atoms with Crippen LogP contribution in [-0.2, 0) is 28.6 Å². The maximum atomic E-state index is 14.1. The number of aliphatic hydroxyl groups is 3. The van der Waals surface area contributed by atoms with E-state index in [-0.39, 0.29) is 68.1 Å². The number of allylic oxidation sites excluding steroid dienone is 1.